The van der Waals surface area contributed by atoms with Crippen molar-refractivity contribution in [3.05, 3.63) is 16.0 Å². The summed E-state index contributed by atoms with van der Waals surface area (Å²) in [7, 11) is 0. The number of esters is 1. The lowest BCUT2D eigenvalue weighted by Gasteiger charge is -2.23. The molecule has 1 aromatic heterocycles. The predicted octanol–water partition coefficient (Wildman–Crippen LogP) is 3.03. The number of anilines is 1. The van der Waals surface area contributed by atoms with E-state index >= 15 is 0 Å². The van der Waals surface area contributed by atoms with E-state index in [2.05, 4.69) is 16.0 Å². The predicted molar refractivity (Wildman–Crippen MR) is 107 cm³/mol. The lowest BCUT2D eigenvalue weighted by molar-refractivity contribution is -0.128. The van der Waals surface area contributed by atoms with E-state index in [1.165, 1.54) is 25.2 Å². The summed E-state index contributed by atoms with van der Waals surface area (Å²) in [5, 5.41) is 7.99. The zero-order valence-corrected chi connectivity index (χ0v) is 17.5. The number of imide groups is 1. The molecule has 0 unspecified atom stereocenters. The van der Waals surface area contributed by atoms with Crippen LogP contribution in [-0.2, 0) is 14.3 Å². The standard InChI is InChI=1S/C19H27N3O5S/c1-10-12(3)28-17(20-13(4)23)15(10)18(25)27-11(2)16(24)22-19(26)21-14-8-6-5-7-9-14/h11,14H,5-9H2,1-4H3,(H,20,23)(H2,21,22,24,26)/t11-/m1/s1. The maximum absolute atomic E-state index is 12.6. The van der Waals surface area contributed by atoms with Crippen LogP contribution in [0.3, 0.4) is 0 Å². The third kappa shape index (κ3) is 5.79. The Labute approximate surface area is 168 Å². The molecule has 1 atom stereocenters. The number of nitrogens with one attached hydrogen (secondary N) is 3. The normalized spacial score (nSPS) is 15.4. The first-order valence-electron chi connectivity index (χ1n) is 9.39. The van der Waals surface area contributed by atoms with Gasteiger partial charge in [0.2, 0.25) is 5.91 Å². The largest absolute Gasteiger partial charge is 0.449 e. The minimum atomic E-state index is -1.16. The molecule has 3 N–H and O–H groups in total. The minimum Gasteiger partial charge on any atom is -0.449 e. The second-order valence-corrected chi connectivity index (χ2v) is 8.24. The Morgan fingerprint density at radius 2 is 1.75 bits per heavy atom. The molecule has 0 bridgehead atoms. The van der Waals surface area contributed by atoms with Gasteiger partial charge < -0.3 is 15.4 Å². The van der Waals surface area contributed by atoms with Crippen LogP contribution in [0.15, 0.2) is 0 Å². The lowest BCUT2D eigenvalue weighted by Crippen LogP contribution is -2.48. The van der Waals surface area contributed by atoms with Crippen LogP contribution in [0.1, 0.15) is 66.8 Å². The maximum Gasteiger partial charge on any atom is 0.342 e. The summed E-state index contributed by atoms with van der Waals surface area (Å²) in [6, 6.07) is -0.516. The van der Waals surface area contributed by atoms with Crippen LogP contribution in [0.4, 0.5) is 9.80 Å². The van der Waals surface area contributed by atoms with E-state index in [0.717, 1.165) is 37.0 Å². The number of thiophene rings is 1. The maximum atomic E-state index is 12.6. The van der Waals surface area contributed by atoms with E-state index in [1.807, 2.05) is 6.92 Å². The molecular weight excluding hydrogens is 382 g/mol. The highest BCUT2D eigenvalue weighted by Gasteiger charge is 2.27. The SMILES string of the molecule is CC(=O)Nc1sc(C)c(C)c1C(=O)O[C@H](C)C(=O)NC(=O)NC1CCCCC1. The van der Waals surface area contributed by atoms with E-state index in [4.69, 9.17) is 4.74 Å². The smallest absolute Gasteiger partial charge is 0.342 e. The molecule has 0 radical (unpaired) electrons. The van der Waals surface area contributed by atoms with Gasteiger partial charge >= 0.3 is 12.0 Å². The molecule has 4 amide bonds. The number of hydrogen-bond acceptors (Lipinski definition) is 6. The van der Waals surface area contributed by atoms with Crippen molar-refractivity contribution in [2.45, 2.75) is 71.9 Å². The Morgan fingerprint density at radius 3 is 2.36 bits per heavy atom. The molecule has 1 aliphatic rings. The van der Waals surface area contributed by atoms with Gasteiger partial charge in [-0.05, 0) is 39.2 Å². The van der Waals surface area contributed by atoms with Crippen molar-refractivity contribution in [3.63, 3.8) is 0 Å². The first-order chi connectivity index (χ1) is 13.2. The van der Waals surface area contributed by atoms with Crippen molar-refractivity contribution in [2.24, 2.45) is 0 Å². The fraction of sp³-hybridized carbons (Fsp3) is 0.579. The Hall–Kier alpha value is -2.42. The molecule has 9 heteroatoms. The van der Waals surface area contributed by atoms with Crippen LogP contribution in [0.2, 0.25) is 0 Å². The summed E-state index contributed by atoms with van der Waals surface area (Å²) >= 11 is 1.27. The van der Waals surface area contributed by atoms with Crippen LogP contribution >= 0.6 is 11.3 Å². The zero-order valence-electron chi connectivity index (χ0n) is 16.6. The Balaban J connectivity index is 1.95. The van der Waals surface area contributed by atoms with Gasteiger partial charge in [-0.1, -0.05) is 19.3 Å². The van der Waals surface area contributed by atoms with E-state index in [0.29, 0.717) is 10.6 Å². The lowest BCUT2D eigenvalue weighted by atomic mass is 9.96. The molecule has 0 saturated heterocycles. The monoisotopic (exact) mass is 409 g/mol. The van der Waals surface area contributed by atoms with Gasteiger partial charge in [-0.15, -0.1) is 11.3 Å². The van der Waals surface area contributed by atoms with E-state index < -0.39 is 24.0 Å². The number of rotatable bonds is 5. The third-order valence-electron chi connectivity index (χ3n) is 4.71. The highest BCUT2D eigenvalue weighted by Crippen LogP contribution is 2.33. The Morgan fingerprint density at radius 1 is 1.11 bits per heavy atom. The first-order valence-corrected chi connectivity index (χ1v) is 10.2. The fourth-order valence-corrected chi connectivity index (χ4v) is 4.17. The number of urea groups is 1. The molecule has 8 nitrogen and oxygen atoms in total. The second-order valence-electron chi connectivity index (χ2n) is 7.01. The highest BCUT2D eigenvalue weighted by molar-refractivity contribution is 7.16. The minimum absolute atomic E-state index is 0.0658. The van der Waals surface area contributed by atoms with Crippen LogP contribution in [0.25, 0.3) is 0 Å². The fourth-order valence-electron chi connectivity index (χ4n) is 3.08. The van der Waals surface area contributed by atoms with Crippen molar-refractivity contribution in [1.82, 2.24) is 10.6 Å². The summed E-state index contributed by atoms with van der Waals surface area (Å²) < 4.78 is 5.23. The number of carbonyl (C=O) groups excluding carboxylic acids is 4. The van der Waals surface area contributed by atoms with Gasteiger partial charge in [0, 0.05) is 17.8 Å². The van der Waals surface area contributed by atoms with Gasteiger partial charge in [0.05, 0.1) is 5.56 Å². The van der Waals surface area contributed by atoms with Gasteiger partial charge in [-0.25, -0.2) is 9.59 Å². The number of carbonyl (C=O) groups is 4. The topological polar surface area (TPSA) is 114 Å². The molecule has 1 saturated carbocycles. The summed E-state index contributed by atoms with van der Waals surface area (Å²) in [6.45, 7) is 6.32. The molecule has 28 heavy (non-hydrogen) atoms. The highest BCUT2D eigenvalue weighted by atomic mass is 32.1. The summed E-state index contributed by atoms with van der Waals surface area (Å²) in [5.41, 5.74) is 0.908. The Kier molecular flexibility index (Phi) is 7.56. The molecule has 0 aromatic carbocycles. The van der Waals surface area contributed by atoms with Crippen molar-refractivity contribution in [1.29, 1.82) is 0 Å². The van der Waals surface area contributed by atoms with Gasteiger partial charge in [-0.2, -0.15) is 0 Å². The molecule has 1 heterocycles. The van der Waals surface area contributed by atoms with Crippen LogP contribution in [-0.4, -0.2) is 36.0 Å². The number of amides is 4. The van der Waals surface area contributed by atoms with Crippen LogP contribution < -0.4 is 16.0 Å². The van der Waals surface area contributed by atoms with Crippen LogP contribution in [0, 0.1) is 13.8 Å². The Bertz CT molecular complexity index is 768. The molecule has 1 aliphatic carbocycles. The average molecular weight is 410 g/mol. The summed E-state index contributed by atoms with van der Waals surface area (Å²) in [5.74, 6) is -1.73. The van der Waals surface area contributed by atoms with E-state index in [-0.39, 0.29) is 17.5 Å². The molecule has 1 aromatic rings. The quantitative estimate of drug-likeness (QED) is 0.647. The summed E-state index contributed by atoms with van der Waals surface area (Å²) in [4.78, 5) is 49.0. The molecule has 0 spiro atoms. The average Bonchev–Trinajstić information content (AvgIpc) is 2.88. The molecule has 2 rings (SSSR count). The van der Waals surface area contributed by atoms with E-state index in [1.54, 1.807) is 6.92 Å². The van der Waals surface area contributed by atoms with Gasteiger partial charge in [0.25, 0.3) is 5.91 Å². The van der Waals surface area contributed by atoms with E-state index in [9.17, 15) is 19.2 Å². The molecule has 154 valence electrons. The van der Waals surface area contributed by atoms with Gasteiger partial charge in [0.1, 0.15) is 5.00 Å². The van der Waals surface area contributed by atoms with Gasteiger partial charge in [0.15, 0.2) is 6.10 Å². The van der Waals surface area contributed by atoms with Crippen molar-refractivity contribution in [3.8, 4) is 0 Å². The van der Waals surface area contributed by atoms with Crippen LogP contribution in [0.5, 0.6) is 0 Å². The van der Waals surface area contributed by atoms with Crippen molar-refractivity contribution >= 4 is 40.2 Å². The second kappa shape index (κ2) is 9.68. The zero-order chi connectivity index (χ0) is 20.8. The molecular formula is C19H27N3O5S. The van der Waals surface area contributed by atoms with Crippen molar-refractivity contribution in [2.75, 3.05) is 5.32 Å². The van der Waals surface area contributed by atoms with Crippen molar-refractivity contribution < 1.29 is 23.9 Å². The number of aryl methyl sites for hydroxylation is 1. The number of ether oxygens (including phenoxy) is 1. The third-order valence-corrected chi connectivity index (χ3v) is 5.83. The molecule has 1 fully saturated rings. The first kappa shape index (κ1) is 21.9. The molecule has 0 aliphatic heterocycles. The van der Waals surface area contributed by atoms with Gasteiger partial charge in [-0.3, -0.25) is 14.9 Å². The summed E-state index contributed by atoms with van der Waals surface area (Å²) in [6.07, 6.45) is 3.91. The number of hydrogen-bond donors (Lipinski definition) is 3.